The number of ether oxygens (including phenoxy) is 1. The number of aliphatic hydroxyl groups excluding tert-OH is 2. The van der Waals surface area contributed by atoms with Gasteiger partial charge in [-0.1, -0.05) is 0 Å². The van der Waals surface area contributed by atoms with E-state index in [9.17, 15) is 14.4 Å². The molecule has 0 aromatic heterocycles. The second-order valence-corrected chi connectivity index (χ2v) is 8.47. The first kappa shape index (κ1) is 39.7. The molecule has 0 aliphatic rings. The molecule has 0 aliphatic carbocycles. The third-order valence-electron chi connectivity index (χ3n) is 3.31. The van der Waals surface area contributed by atoms with Crippen LogP contribution in [0.2, 0.25) is 0 Å². The van der Waals surface area contributed by atoms with Gasteiger partial charge in [0, 0.05) is 38.4 Å². The molecule has 8 nitrogen and oxygen atoms in total. The standard InChI is InChI=1S/C19H30N2O4.2C3H8O.Ti/c1-8-20(9-2)16(22)13-12-15(18(24)21(10-3)11-4)14-17(23)25-19(5,6)7;2*1-3(2)4;/h12H,8-11H2,1-7H3;2*3-4H,1-2H3;/q-2;;;+2. The van der Waals surface area contributed by atoms with Crippen molar-refractivity contribution in [3.8, 4) is 0 Å². The van der Waals surface area contributed by atoms with Gasteiger partial charge in [0.25, 0.3) is 5.97 Å². The molecular weight excluding hydrogens is 472 g/mol. The van der Waals surface area contributed by atoms with Crippen LogP contribution in [-0.2, 0) is 40.8 Å². The van der Waals surface area contributed by atoms with Crippen molar-refractivity contribution in [1.82, 2.24) is 9.80 Å². The minimum absolute atomic E-state index is 0. The Labute approximate surface area is 222 Å². The zero-order valence-electron chi connectivity index (χ0n) is 23.0. The van der Waals surface area contributed by atoms with E-state index in [2.05, 4.69) is 12.2 Å². The van der Waals surface area contributed by atoms with Gasteiger partial charge in [-0.25, -0.2) is 6.08 Å². The molecule has 0 unspecified atom stereocenters. The first-order valence-electron chi connectivity index (χ1n) is 11.5. The molecule has 0 heterocycles. The zero-order chi connectivity index (χ0) is 26.8. The second-order valence-electron chi connectivity index (χ2n) is 8.47. The van der Waals surface area contributed by atoms with Gasteiger partial charge in [0.05, 0.1) is 5.91 Å². The zero-order valence-corrected chi connectivity index (χ0v) is 24.5. The van der Waals surface area contributed by atoms with Crippen LogP contribution in [-0.4, -0.2) is 81.8 Å². The topological polar surface area (TPSA) is 107 Å². The van der Waals surface area contributed by atoms with Crippen LogP contribution in [0.25, 0.3) is 0 Å². The smallest absolute Gasteiger partial charge is 0.467 e. The number of aliphatic hydroxyl groups is 2. The summed E-state index contributed by atoms with van der Waals surface area (Å²) < 4.78 is 5.18. The molecule has 0 saturated heterocycles. The van der Waals surface area contributed by atoms with Gasteiger partial charge in [-0.05, 0) is 76.2 Å². The molecule has 0 spiro atoms. The quantitative estimate of drug-likeness (QED) is 0.168. The van der Waals surface area contributed by atoms with E-state index in [1.165, 1.54) is 11.0 Å². The first-order valence-corrected chi connectivity index (χ1v) is 11.5. The molecule has 9 heteroatoms. The van der Waals surface area contributed by atoms with Crippen LogP contribution >= 0.6 is 0 Å². The fraction of sp³-hybridized carbons (Fsp3) is 0.720. The van der Waals surface area contributed by atoms with Crippen LogP contribution in [0.5, 0.6) is 0 Å². The maximum absolute atomic E-state index is 12.6. The van der Waals surface area contributed by atoms with Gasteiger partial charge < -0.3 is 35.6 Å². The average Bonchev–Trinajstić information content (AvgIpc) is 2.64. The van der Waals surface area contributed by atoms with Crippen molar-refractivity contribution in [2.75, 3.05) is 26.2 Å². The summed E-state index contributed by atoms with van der Waals surface area (Å²) >= 11 is 0. The number of carbonyl (C=O) groups is 3. The molecule has 0 aromatic rings. The Kier molecular flexibility index (Phi) is 25.7. The predicted molar refractivity (Wildman–Crippen MR) is 131 cm³/mol. The number of carbonyl (C=O) groups excluding carboxylic acids is 3. The molecular formula is C25H46N2O6Ti. The Balaban J connectivity index is -0.000000430. The van der Waals surface area contributed by atoms with Crippen molar-refractivity contribution >= 4 is 17.8 Å². The molecule has 0 fully saturated rings. The van der Waals surface area contributed by atoms with Crippen molar-refractivity contribution in [3.63, 3.8) is 0 Å². The normalized spacial score (nSPS) is 11.1. The molecule has 0 aromatic carbocycles. The summed E-state index contributed by atoms with van der Waals surface area (Å²) in [6, 6.07) is 0. The molecule has 0 bridgehead atoms. The first-order chi connectivity index (χ1) is 15.1. The molecule has 0 atom stereocenters. The molecule has 2 amide bonds. The van der Waals surface area contributed by atoms with Crippen molar-refractivity contribution in [3.05, 3.63) is 23.8 Å². The average molecular weight is 519 g/mol. The van der Waals surface area contributed by atoms with Crippen molar-refractivity contribution in [2.24, 2.45) is 0 Å². The number of esters is 1. The molecule has 34 heavy (non-hydrogen) atoms. The monoisotopic (exact) mass is 518 g/mol. The largest absolute Gasteiger partial charge is 2.00 e. The summed E-state index contributed by atoms with van der Waals surface area (Å²) in [5.74, 6) is -1.49. The van der Waals surface area contributed by atoms with Crippen molar-refractivity contribution in [2.45, 2.75) is 94.0 Å². The van der Waals surface area contributed by atoms with Crippen LogP contribution in [0.4, 0.5) is 0 Å². The van der Waals surface area contributed by atoms with E-state index >= 15 is 0 Å². The molecule has 0 rings (SSSR count). The Hall–Kier alpha value is -1.48. The van der Waals surface area contributed by atoms with E-state index in [1.807, 2.05) is 27.7 Å². The number of hydrogen-bond acceptors (Lipinski definition) is 6. The van der Waals surface area contributed by atoms with E-state index in [4.69, 9.17) is 14.9 Å². The van der Waals surface area contributed by atoms with E-state index in [0.29, 0.717) is 26.2 Å². The number of rotatable bonds is 8. The number of nitrogens with zero attached hydrogens (tertiary/aromatic N) is 2. The fourth-order valence-corrected chi connectivity index (χ4v) is 1.98. The van der Waals surface area contributed by atoms with E-state index in [1.54, 1.807) is 53.4 Å². The van der Waals surface area contributed by atoms with Crippen molar-refractivity contribution < 1.29 is 51.1 Å². The fourth-order valence-electron chi connectivity index (χ4n) is 1.98. The van der Waals surface area contributed by atoms with Gasteiger partial charge in [0.2, 0.25) is 0 Å². The predicted octanol–water partition coefficient (Wildman–Crippen LogP) is 2.93. The van der Waals surface area contributed by atoms with Gasteiger partial charge in [0.1, 0.15) is 11.5 Å². The Bertz CT molecular complexity index is 606. The van der Waals surface area contributed by atoms with Crippen LogP contribution in [0, 0.1) is 12.2 Å². The third-order valence-corrected chi connectivity index (χ3v) is 3.31. The minimum atomic E-state index is -0.753. The number of likely N-dealkylation sites (N-methyl/N-ethyl adjacent to an activating group) is 2. The summed E-state index contributed by atoms with van der Waals surface area (Å²) in [5, 5.41) is 16.1. The summed E-state index contributed by atoms with van der Waals surface area (Å²) in [6.07, 6.45) is 5.85. The maximum atomic E-state index is 12.6. The van der Waals surface area contributed by atoms with Gasteiger partial charge in [-0.2, -0.15) is 6.08 Å². The van der Waals surface area contributed by atoms with Gasteiger partial charge in [-0.15, -0.1) is 0 Å². The number of hydrogen-bond donors (Lipinski definition) is 2. The summed E-state index contributed by atoms with van der Waals surface area (Å²) in [7, 11) is 0. The van der Waals surface area contributed by atoms with Crippen LogP contribution in [0.1, 0.15) is 76.2 Å². The SMILES string of the molecule is CC(C)O.CC(C)O.CCN(CC)C(=O)[C-]=CC(=[C-]C(=O)OC(C)(C)C)C(=O)N(CC)CC.[Ti+2]. The van der Waals surface area contributed by atoms with Crippen LogP contribution < -0.4 is 0 Å². The second kappa shape index (κ2) is 22.0. The van der Waals surface area contributed by atoms with Gasteiger partial charge in [-0.3, -0.25) is 15.2 Å². The third kappa shape index (κ3) is 25.2. The molecule has 2 N–H and O–H groups in total. The number of amides is 2. The maximum Gasteiger partial charge on any atom is 2.00 e. The van der Waals surface area contributed by atoms with Gasteiger partial charge >= 0.3 is 21.7 Å². The summed E-state index contributed by atoms with van der Waals surface area (Å²) in [4.78, 5) is 39.7. The van der Waals surface area contributed by atoms with E-state index in [0.717, 1.165) is 0 Å². The van der Waals surface area contributed by atoms with E-state index < -0.39 is 17.5 Å². The Morgan fingerprint density at radius 2 is 1.21 bits per heavy atom. The van der Waals surface area contributed by atoms with E-state index in [-0.39, 0.29) is 45.4 Å². The molecule has 0 aliphatic heterocycles. The molecule has 196 valence electrons. The molecule has 0 radical (unpaired) electrons. The summed E-state index contributed by atoms with van der Waals surface area (Å²) in [6.45, 7) is 21.5. The van der Waals surface area contributed by atoms with Crippen LogP contribution in [0.3, 0.4) is 0 Å². The Morgan fingerprint density at radius 1 is 0.853 bits per heavy atom. The van der Waals surface area contributed by atoms with Gasteiger partial charge in [0.15, 0.2) is 0 Å². The summed E-state index contributed by atoms with van der Waals surface area (Å²) in [5.41, 5.74) is -0.740. The Morgan fingerprint density at radius 3 is 1.50 bits per heavy atom. The van der Waals surface area contributed by atoms with Crippen LogP contribution in [0.15, 0.2) is 11.6 Å². The van der Waals surface area contributed by atoms with Crippen molar-refractivity contribution in [1.29, 1.82) is 0 Å². The molecule has 0 saturated carbocycles. The minimum Gasteiger partial charge on any atom is -0.467 e.